The van der Waals surface area contributed by atoms with Gasteiger partial charge in [-0.05, 0) is 50.2 Å². The van der Waals surface area contributed by atoms with Crippen LogP contribution in [0.25, 0.3) is 0 Å². The van der Waals surface area contributed by atoms with Gasteiger partial charge in [-0.15, -0.1) is 0 Å². The van der Waals surface area contributed by atoms with Crippen LogP contribution in [-0.2, 0) is 11.3 Å². The summed E-state index contributed by atoms with van der Waals surface area (Å²) < 4.78 is 0. The molecule has 0 aromatic heterocycles. The van der Waals surface area contributed by atoms with Crippen LogP contribution in [0.4, 0.5) is 0 Å². The molecule has 3 heteroatoms. The second-order valence-electron chi connectivity index (χ2n) is 7.08. The van der Waals surface area contributed by atoms with Crippen LogP contribution < -0.4 is 10.2 Å². The Hall–Kier alpha value is -1.35. The van der Waals surface area contributed by atoms with E-state index in [0.717, 1.165) is 12.0 Å². The maximum atomic E-state index is 12.3. The van der Waals surface area contributed by atoms with E-state index >= 15 is 0 Å². The molecule has 3 rings (SSSR count). The van der Waals surface area contributed by atoms with Crippen molar-refractivity contribution >= 4 is 5.91 Å². The van der Waals surface area contributed by atoms with Crippen molar-refractivity contribution in [2.24, 2.45) is 5.92 Å². The molecule has 22 heavy (non-hydrogen) atoms. The number of carbonyl (C=O) groups is 1. The fourth-order valence-electron chi connectivity index (χ4n) is 4.36. The molecular formula is C19H29N2O+. The van der Waals surface area contributed by atoms with Gasteiger partial charge in [-0.1, -0.05) is 30.7 Å². The standard InChI is InChI=1S/C19H28N2O/c1-15-7-2-3-9-17(15)13-20-19(22)14-21-12-6-10-16-8-4-5-11-18(16)21/h2-3,7,9,16,18H,4-6,8,10-14H2,1H3,(H,20,22)/p+1/t16-,18+/m1/s1. The van der Waals surface area contributed by atoms with Crippen LogP contribution in [0.2, 0.25) is 0 Å². The highest BCUT2D eigenvalue weighted by Crippen LogP contribution is 2.28. The first-order valence-electron chi connectivity index (χ1n) is 8.90. The van der Waals surface area contributed by atoms with E-state index in [1.54, 1.807) is 4.90 Å². The van der Waals surface area contributed by atoms with Crippen molar-refractivity contribution in [3.63, 3.8) is 0 Å². The Labute approximate surface area is 134 Å². The van der Waals surface area contributed by atoms with Crippen molar-refractivity contribution in [3.05, 3.63) is 35.4 Å². The summed E-state index contributed by atoms with van der Waals surface area (Å²) in [6, 6.07) is 9.02. The first-order valence-corrected chi connectivity index (χ1v) is 8.90. The van der Waals surface area contributed by atoms with Crippen molar-refractivity contribution < 1.29 is 9.69 Å². The SMILES string of the molecule is Cc1ccccc1CNC(=O)C[NH+]1CCC[C@H]2CCCC[C@@H]21. The fraction of sp³-hybridized carbons (Fsp3) is 0.632. The molecule has 1 unspecified atom stereocenters. The molecule has 0 spiro atoms. The van der Waals surface area contributed by atoms with Gasteiger partial charge < -0.3 is 10.2 Å². The predicted octanol–water partition coefficient (Wildman–Crippen LogP) is 1.85. The second-order valence-corrected chi connectivity index (χ2v) is 7.08. The lowest BCUT2D eigenvalue weighted by atomic mass is 9.78. The molecule has 120 valence electrons. The summed E-state index contributed by atoms with van der Waals surface area (Å²) in [5.41, 5.74) is 2.47. The van der Waals surface area contributed by atoms with Crippen LogP contribution >= 0.6 is 0 Å². The fourth-order valence-corrected chi connectivity index (χ4v) is 4.36. The largest absolute Gasteiger partial charge is 0.347 e. The zero-order chi connectivity index (χ0) is 15.4. The van der Waals surface area contributed by atoms with Gasteiger partial charge >= 0.3 is 0 Å². The number of aryl methyl sites for hydroxylation is 1. The second kappa shape index (κ2) is 7.28. The molecule has 2 aliphatic rings. The molecule has 1 amide bonds. The van der Waals surface area contributed by atoms with E-state index in [1.807, 2.05) is 12.1 Å². The number of hydrogen-bond acceptors (Lipinski definition) is 1. The third-order valence-electron chi connectivity index (χ3n) is 5.63. The minimum atomic E-state index is 0.212. The first-order chi connectivity index (χ1) is 10.7. The predicted molar refractivity (Wildman–Crippen MR) is 88.7 cm³/mol. The molecule has 2 fully saturated rings. The normalized spacial score (nSPS) is 28.0. The summed E-state index contributed by atoms with van der Waals surface area (Å²) in [6.45, 7) is 4.60. The van der Waals surface area contributed by atoms with E-state index in [9.17, 15) is 4.79 Å². The summed E-state index contributed by atoms with van der Waals surface area (Å²) in [5, 5.41) is 3.12. The minimum absolute atomic E-state index is 0.212. The summed E-state index contributed by atoms with van der Waals surface area (Å²) in [4.78, 5) is 13.9. The lowest BCUT2D eigenvalue weighted by molar-refractivity contribution is -0.928. The number of hydrogen-bond donors (Lipinski definition) is 2. The van der Waals surface area contributed by atoms with Crippen LogP contribution in [0.1, 0.15) is 49.7 Å². The Bertz CT molecular complexity index is 512. The number of amides is 1. The van der Waals surface area contributed by atoms with Crippen molar-refractivity contribution in [2.45, 2.75) is 58.0 Å². The van der Waals surface area contributed by atoms with Crippen LogP contribution in [0.15, 0.2) is 24.3 Å². The summed E-state index contributed by atoms with van der Waals surface area (Å²) in [7, 11) is 0. The number of rotatable bonds is 4. The monoisotopic (exact) mass is 301 g/mol. The number of quaternary nitrogens is 1. The zero-order valence-electron chi connectivity index (χ0n) is 13.7. The molecule has 1 aliphatic carbocycles. The van der Waals surface area contributed by atoms with Crippen molar-refractivity contribution in [2.75, 3.05) is 13.1 Å². The van der Waals surface area contributed by atoms with E-state index < -0.39 is 0 Å². The number of piperidine rings is 1. The number of carbonyl (C=O) groups excluding carboxylic acids is 1. The Morgan fingerprint density at radius 3 is 2.82 bits per heavy atom. The van der Waals surface area contributed by atoms with Gasteiger partial charge in [0, 0.05) is 12.5 Å². The summed E-state index contributed by atoms with van der Waals surface area (Å²) >= 11 is 0. The quantitative estimate of drug-likeness (QED) is 0.874. The Morgan fingerprint density at radius 1 is 1.18 bits per heavy atom. The first kappa shape index (κ1) is 15.5. The van der Waals surface area contributed by atoms with E-state index in [0.29, 0.717) is 13.1 Å². The van der Waals surface area contributed by atoms with Crippen molar-refractivity contribution in [3.8, 4) is 0 Å². The number of likely N-dealkylation sites (tertiary alicyclic amines) is 1. The van der Waals surface area contributed by atoms with Crippen LogP contribution in [0.5, 0.6) is 0 Å². The van der Waals surface area contributed by atoms with E-state index in [2.05, 4.69) is 24.4 Å². The van der Waals surface area contributed by atoms with Gasteiger partial charge in [-0.2, -0.15) is 0 Å². The molecular weight excluding hydrogens is 272 g/mol. The lowest BCUT2D eigenvalue weighted by Gasteiger charge is -2.40. The minimum Gasteiger partial charge on any atom is -0.347 e. The third-order valence-corrected chi connectivity index (χ3v) is 5.63. The highest BCUT2D eigenvalue weighted by molar-refractivity contribution is 5.76. The lowest BCUT2D eigenvalue weighted by Crippen LogP contribution is -3.18. The molecule has 3 nitrogen and oxygen atoms in total. The molecule has 1 aromatic carbocycles. The van der Waals surface area contributed by atoms with Crippen LogP contribution in [0.3, 0.4) is 0 Å². The van der Waals surface area contributed by atoms with Crippen molar-refractivity contribution in [1.82, 2.24) is 5.32 Å². The van der Waals surface area contributed by atoms with Crippen LogP contribution in [-0.4, -0.2) is 25.0 Å². The van der Waals surface area contributed by atoms with Crippen molar-refractivity contribution in [1.29, 1.82) is 0 Å². The van der Waals surface area contributed by atoms with Crippen LogP contribution in [0, 0.1) is 12.8 Å². The average molecular weight is 301 g/mol. The molecule has 3 atom stereocenters. The van der Waals surface area contributed by atoms with E-state index in [1.165, 1.54) is 56.2 Å². The molecule has 2 N–H and O–H groups in total. The Morgan fingerprint density at radius 2 is 1.95 bits per heavy atom. The number of benzene rings is 1. The van der Waals surface area contributed by atoms with Gasteiger partial charge in [0.1, 0.15) is 0 Å². The Balaban J connectivity index is 1.51. The summed E-state index contributed by atoms with van der Waals surface area (Å²) in [6.07, 6.45) is 8.15. The van der Waals surface area contributed by atoms with E-state index in [-0.39, 0.29) is 5.91 Å². The highest BCUT2D eigenvalue weighted by Gasteiger charge is 2.37. The smallest absolute Gasteiger partial charge is 0.275 e. The Kier molecular flexibility index (Phi) is 5.14. The summed E-state index contributed by atoms with van der Waals surface area (Å²) in [5.74, 6) is 1.09. The van der Waals surface area contributed by atoms with Gasteiger partial charge in [0.25, 0.3) is 5.91 Å². The van der Waals surface area contributed by atoms with Gasteiger partial charge in [0.05, 0.1) is 12.6 Å². The number of nitrogens with one attached hydrogen (secondary N) is 2. The molecule has 1 heterocycles. The topological polar surface area (TPSA) is 33.5 Å². The average Bonchev–Trinajstić information content (AvgIpc) is 2.54. The molecule has 1 saturated carbocycles. The molecule has 1 aromatic rings. The van der Waals surface area contributed by atoms with E-state index in [4.69, 9.17) is 0 Å². The van der Waals surface area contributed by atoms with Gasteiger partial charge in [-0.3, -0.25) is 4.79 Å². The maximum absolute atomic E-state index is 12.3. The zero-order valence-corrected chi connectivity index (χ0v) is 13.7. The van der Waals surface area contributed by atoms with Gasteiger partial charge in [0.15, 0.2) is 6.54 Å². The van der Waals surface area contributed by atoms with Gasteiger partial charge in [0.2, 0.25) is 0 Å². The molecule has 1 saturated heterocycles. The third kappa shape index (κ3) is 3.70. The molecule has 0 radical (unpaired) electrons. The number of fused-ring (bicyclic) bond motifs is 1. The molecule has 0 bridgehead atoms. The maximum Gasteiger partial charge on any atom is 0.275 e. The van der Waals surface area contributed by atoms with Gasteiger partial charge in [-0.25, -0.2) is 0 Å². The molecule has 1 aliphatic heterocycles. The highest BCUT2D eigenvalue weighted by atomic mass is 16.2.